The zero-order valence-electron chi connectivity index (χ0n) is 30.4. The van der Waals surface area contributed by atoms with Crippen LogP contribution in [0.5, 0.6) is 0 Å². The molecule has 0 spiro atoms. The summed E-state index contributed by atoms with van der Waals surface area (Å²) < 4.78 is 55.2. The fraction of sp³-hybridized carbons (Fsp3) is 0.562. The molecule has 0 bridgehead atoms. The van der Waals surface area contributed by atoms with Gasteiger partial charge < -0.3 is 46.7 Å². The molecule has 0 radical (unpaired) electrons. The van der Waals surface area contributed by atoms with Crippen molar-refractivity contribution >= 4 is 59.4 Å². The van der Waals surface area contributed by atoms with Crippen LogP contribution < -0.4 is 0 Å². The van der Waals surface area contributed by atoms with Crippen molar-refractivity contribution in [1.82, 2.24) is 15.2 Å². The molecule has 4 rings (SSSR count). The Morgan fingerprint density at radius 1 is 0.852 bits per heavy atom. The van der Waals surface area contributed by atoms with Gasteiger partial charge in [-0.2, -0.15) is 5.01 Å². The van der Waals surface area contributed by atoms with Gasteiger partial charge in [0.05, 0.1) is 17.9 Å². The third-order valence-corrected chi connectivity index (χ3v) is 8.08. The molecule has 0 N–H and O–H groups in total. The third-order valence-electron chi connectivity index (χ3n) is 7.28. The van der Waals surface area contributed by atoms with E-state index in [9.17, 15) is 33.6 Å². The van der Waals surface area contributed by atoms with Crippen molar-refractivity contribution < 1.29 is 80.3 Å². The van der Waals surface area contributed by atoms with Crippen molar-refractivity contribution in [1.29, 1.82) is 0 Å². The highest BCUT2D eigenvalue weighted by molar-refractivity contribution is 7.99. The summed E-state index contributed by atoms with van der Waals surface area (Å²) in [7, 11) is 0. The Bertz CT molecular complexity index is 1790. The molecule has 1 amide bonds. The number of amides is 1. The van der Waals surface area contributed by atoms with Crippen LogP contribution in [0.2, 0.25) is 0 Å². The zero-order chi connectivity index (χ0) is 39.9. The monoisotopic (exact) mass is 782 g/mol. The van der Waals surface area contributed by atoms with Gasteiger partial charge in [-0.3, -0.25) is 33.6 Å². The van der Waals surface area contributed by atoms with E-state index in [4.69, 9.17) is 46.7 Å². The Morgan fingerprint density at radius 3 is 2.11 bits per heavy atom. The number of hydrazone groups is 1. The molecule has 1 unspecified atom stereocenters. The molecular weight excluding hydrogens is 744 g/mol. The minimum atomic E-state index is -1.65. The fourth-order valence-corrected chi connectivity index (χ4v) is 5.98. The van der Waals surface area contributed by atoms with E-state index in [2.05, 4.69) is 15.3 Å². The first kappa shape index (κ1) is 41.2. The van der Waals surface area contributed by atoms with Gasteiger partial charge in [-0.05, 0) is 13.0 Å². The molecule has 294 valence electrons. The van der Waals surface area contributed by atoms with E-state index < -0.39 is 91.2 Å². The van der Waals surface area contributed by atoms with Gasteiger partial charge in [0, 0.05) is 48.5 Å². The lowest BCUT2D eigenvalue weighted by Gasteiger charge is -2.35. The van der Waals surface area contributed by atoms with E-state index in [1.807, 2.05) is 0 Å². The molecule has 22 heteroatoms. The van der Waals surface area contributed by atoms with Crippen LogP contribution in [0.3, 0.4) is 0 Å². The number of furan rings is 1. The van der Waals surface area contributed by atoms with Crippen molar-refractivity contribution in [2.45, 2.75) is 103 Å². The summed E-state index contributed by atoms with van der Waals surface area (Å²) in [6.45, 7) is 8.82. The molecule has 0 aliphatic carbocycles. The number of rotatable bonds is 15. The minimum absolute atomic E-state index is 0.0340. The summed E-state index contributed by atoms with van der Waals surface area (Å²) in [6.07, 6.45) is -9.07. The normalized spacial score (nSPS) is 20.8. The number of aryl methyl sites for hydroxylation is 1. The van der Waals surface area contributed by atoms with Crippen molar-refractivity contribution in [2.24, 2.45) is 5.10 Å². The molecule has 7 atom stereocenters. The Balaban J connectivity index is 1.52. The number of hydrogen-bond acceptors (Lipinski definition) is 21. The SMILES string of the molecule is CC(=O)OC[C@@H](OC(C)=O)[C@H](OC(C)=O)[C@@H](OC(C)=O)C1OC(CSc2nnc(-c3cc([C@@H]4OC[C@@H](OC(C)=O)[C@H]4OC(C)=O)oc3C)o2)=NN1C(C)=O. The molecule has 2 aliphatic rings. The molecule has 21 nitrogen and oxygen atoms in total. The Morgan fingerprint density at radius 2 is 1.52 bits per heavy atom. The summed E-state index contributed by atoms with van der Waals surface area (Å²) in [4.78, 5) is 84.1. The van der Waals surface area contributed by atoms with E-state index in [1.54, 1.807) is 13.0 Å². The summed E-state index contributed by atoms with van der Waals surface area (Å²) in [5.74, 6) is -4.77. The van der Waals surface area contributed by atoms with Gasteiger partial charge in [-0.25, -0.2) is 0 Å². The fourth-order valence-electron chi connectivity index (χ4n) is 5.37. The quantitative estimate of drug-likeness (QED) is 0.141. The average Bonchev–Trinajstić information content (AvgIpc) is 3.86. The molecule has 0 aromatic carbocycles. The lowest BCUT2D eigenvalue weighted by atomic mass is 10.1. The van der Waals surface area contributed by atoms with Crippen molar-refractivity contribution in [3.8, 4) is 11.5 Å². The maximum absolute atomic E-state index is 12.7. The Kier molecular flexibility index (Phi) is 13.8. The van der Waals surface area contributed by atoms with E-state index in [1.165, 1.54) is 13.8 Å². The maximum atomic E-state index is 12.7. The second-order valence-electron chi connectivity index (χ2n) is 11.7. The van der Waals surface area contributed by atoms with Crippen LogP contribution in [0.4, 0.5) is 0 Å². The lowest BCUT2D eigenvalue weighted by molar-refractivity contribution is -0.205. The maximum Gasteiger partial charge on any atom is 0.303 e. The van der Waals surface area contributed by atoms with Gasteiger partial charge in [0.15, 0.2) is 36.6 Å². The largest absolute Gasteiger partial charge is 0.463 e. The Labute approximate surface area is 311 Å². The molecular formula is C32H38N4O17S. The van der Waals surface area contributed by atoms with E-state index in [0.29, 0.717) is 11.3 Å². The first-order chi connectivity index (χ1) is 25.4. The van der Waals surface area contributed by atoms with Gasteiger partial charge in [0.1, 0.15) is 18.1 Å². The molecule has 1 saturated heterocycles. The first-order valence-corrected chi connectivity index (χ1v) is 17.1. The van der Waals surface area contributed by atoms with Crippen molar-refractivity contribution in [2.75, 3.05) is 19.0 Å². The van der Waals surface area contributed by atoms with Crippen LogP contribution in [0.25, 0.3) is 11.5 Å². The highest BCUT2D eigenvalue weighted by Crippen LogP contribution is 2.38. The number of carbonyl (C=O) groups is 7. The van der Waals surface area contributed by atoms with Crippen molar-refractivity contribution in [3.63, 3.8) is 0 Å². The summed E-state index contributed by atoms with van der Waals surface area (Å²) >= 11 is 0.956. The molecule has 2 aliphatic heterocycles. The van der Waals surface area contributed by atoms with Crippen LogP contribution >= 0.6 is 11.8 Å². The number of esters is 6. The second kappa shape index (κ2) is 18.0. The first-order valence-electron chi connectivity index (χ1n) is 16.1. The van der Waals surface area contributed by atoms with E-state index >= 15 is 0 Å². The topological polar surface area (TPSA) is 261 Å². The third kappa shape index (κ3) is 10.8. The summed E-state index contributed by atoms with van der Waals surface area (Å²) in [6, 6.07) is 1.56. The standard InChI is InChI=1S/C32H38N4O17S/c1-13-21(9-22(46-13)26-27(49-18(6)41)24(11-45-26)48-17(5)40)30-33-34-32(53-30)54-12-25-35-36(14(2)37)31(52-25)29(51-20(8)43)28(50-19(7)42)23(47-16(4)39)10-44-15(3)38/h9,23-24,26-29,31H,10-12H2,1-8H3/t23-,24-,26+,27-,28+,29-,31?/m1/s1. The van der Waals surface area contributed by atoms with Crippen LogP contribution in [0, 0.1) is 6.92 Å². The Hall–Kier alpha value is -5.51. The highest BCUT2D eigenvalue weighted by Gasteiger charge is 2.49. The van der Waals surface area contributed by atoms with Crippen LogP contribution in [-0.2, 0) is 71.5 Å². The van der Waals surface area contributed by atoms with Crippen LogP contribution in [0.15, 0.2) is 25.2 Å². The molecule has 2 aromatic heterocycles. The highest BCUT2D eigenvalue weighted by atomic mass is 32.2. The smallest absolute Gasteiger partial charge is 0.303 e. The van der Waals surface area contributed by atoms with E-state index in [0.717, 1.165) is 51.4 Å². The van der Waals surface area contributed by atoms with E-state index in [-0.39, 0.29) is 35.1 Å². The van der Waals surface area contributed by atoms with Crippen molar-refractivity contribution in [3.05, 3.63) is 17.6 Å². The number of carbonyl (C=O) groups excluding carboxylic acids is 7. The predicted octanol–water partition coefficient (Wildman–Crippen LogP) is 1.54. The number of hydrogen-bond donors (Lipinski definition) is 0. The second-order valence-corrected chi connectivity index (χ2v) is 12.6. The number of ether oxygens (including phenoxy) is 8. The predicted molar refractivity (Wildman–Crippen MR) is 175 cm³/mol. The number of nitrogens with zero attached hydrogens (tertiary/aromatic N) is 4. The lowest BCUT2D eigenvalue weighted by Crippen LogP contribution is -2.56. The van der Waals surface area contributed by atoms with Gasteiger partial charge in [-0.15, -0.1) is 15.3 Å². The van der Waals surface area contributed by atoms with Crippen LogP contribution in [-0.4, -0.2) is 119 Å². The number of thioether (sulfide) groups is 1. The molecule has 1 fully saturated rings. The van der Waals surface area contributed by atoms with Gasteiger partial charge in [0.2, 0.25) is 18.0 Å². The van der Waals surface area contributed by atoms with Gasteiger partial charge in [0.25, 0.3) is 11.1 Å². The summed E-state index contributed by atoms with van der Waals surface area (Å²) in [5, 5.41) is 13.2. The van der Waals surface area contributed by atoms with Crippen LogP contribution in [0.1, 0.15) is 66.1 Å². The molecule has 0 saturated carbocycles. The van der Waals surface area contributed by atoms with Gasteiger partial charge in [-0.1, -0.05) is 11.8 Å². The molecule has 54 heavy (non-hydrogen) atoms. The minimum Gasteiger partial charge on any atom is -0.463 e. The average molecular weight is 783 g/mol. The summed E-state index contributed by atoms with van der Waals surface area (Å²) in [5.41, 5.74) is 0.388. The zero-order valence-corrected chi connectivity index (χ0v) is 31.2. The molecule has 2 aromatic rings. The molecule has 4 heterocycles. The van der Waals surface area contributed by atoms with Gasteiger partial charge >= 0.3 is 35.8 Å². The number of aromatic nitrogens is 2.